The molecule has 6 nitrogen and oxygen atoms in total. The van der Waals surface area contributed by atoms with Gasteiger partial charge in [0, 0.05) is 7.05 Å². The highest BCUT2D eigenvalue weighted by Crippen LogP contribution is 2.10. The van der Waals surface area contributed by atoms with Crippen molar-refractivity contribution in [2.75, 3.05) is 13.7 Å². The molecule has 0 saturated heterocycles. The fourth-order valence-electron chi connectivity index (χ4n) is 1.62. The predicted molar refractivity (Wildman–Crippen MR) is 78.9 cm³/mol. The minimum absolute atomic E-state index is 0.0733. The van der Waals surface area contributed by atoms with E-state index >= 15 is 0 Å². The maximum Gasteiger partial charge on any atom is 0.410 e. The molecule has 0 unspecified atom stereocenters. The summed E-state index contributed by atoms with van der Waals surface area (Å²) in [6.45, 7) is 5.31. The quantitative estimate of drug-likeness (QED) is 0.788. The van der Waals surface area contributed by atoms with Crippen LogP contribution in [0.5, 0.6) is 0 Å². The summed E-state index contributed by atoms with van der Waals surface area (Å²) in [4.78, 5) is 24.1. The molecule has 0 heterocycles. The van der Waals surface area contributed by atoms with Crippen LogP contribution in [0.4, 0.5) is 4.79 Å². The fraction of sp³-hybridized carbons (Fsp3) is 0.500. The molecular weight excluding hydrogens is 286 g/mol. The molecule has 0 radical (unpaired) electrons. The molecule has 1 amide bonds. The lowest BCUT2D eigenvalue weighted by atomic mass is 10.2. The number of carbonyl (C=O) groups excluding carboxylic acids is 2. The van der Waals surface area contributed by atoms with E-state index < -0.39 is 23.7 Å². The van der Waals surface area contributed by atoms with Crippen molar-refractivity contribution in [2.45, 2.75) is 39.0 Å². The van der Waals surface area contributed by atoms with Gasteiger partial charge in [-0.3, -0.25) is 0 Å². The summed E-state index contributed by atoms with van der Waals surface area (Å²) in [5, 5.41) is 11.2. The molecule has 22 heavy (non-hydrogen) atoms. The first kappa shape index (κ1) is 18.0. The van der Waals surface area contributed by atoms with E-state index in [1.54, 1.807) is 20.8 Å². The Labute approximate surface area is 130 Å². The van der Waals surface area contributed by atoms with Crippen LogP contribution in [-0.4, -0.2) is 42.3 Å². The topological polar surface area (TPSA) is 78.9 Å². The monoisotopic (exact) mass is 308 g/mol. The first-order valence-corrected chi connectivity index (χ1v) is 6.99. The minimum atomic E-state index is -1.39. The lowest BCUT2D eigenvalue weighted by Gasteiger charge is -2.31. The van der Waals surface area contributed by atoms with Gasteiger partial charge in [0.05, 0.1) is 24.2 Å². The van der Waals surface area contributed by atoms with E-state index in [9.17, 15) is 14.7 Å². The van der Waals surface area contributed by atoms with Gasteiger partial charge >= 0.3 is 6.09 Å². The van der Waals surface area contributed by atoms with E-state index in [-0.39, 0.29) is 13.2 Å². The zero-order valence-corrected chi connectivity index (χ0v) is 13.4. The average Bonchev–Trinajstić information content (AvgIpc) is 2.44. The lowest BCUT2D eigenvalue weighted by Crippen LogP contribution is -2.52. The second-order valence-corrected chi connectivity index (χ2v) is 5.91. The number of likely N-dealkylation sites (N-methyl/N-ethyl adjacent to an activating group) is 1. The number of carboxylic acid groups (broad SMARTS) is 1. The molecule has 1 aromatic rings. The molecule has 0 aromatic heterocycles. The highest BCUT2D eigenvalue weighted by molar-refractivity contribution is 5.78. The second kappa shape index (κ2) is 7.79. The van der Waals surface area contributed by atoms with E-state index in [2.05, 4.69) is 0 Å². The number of ether oxygens (including phenoxy) is 2. The van der Waals surface area contributed by atoms with Gasteiger partial charge in [-0.1, -0.05) is 30.3 Å². The first-order valence-electron chi connectivity index (χ1n) is 6.99. The number of aliphatic carboxylic acids is 1. The molecule has 122 valence electrons. The van der Waals surface area contributed by atoms with Gasteiger partial charge in [-0.2, -0.15) is 0 Å². The molecule has 0 aliphatic carbocycles. The van der Waals surface area contributed by atoms with Crippen LogP contribution in [0.1, 0.15) is 26.3 Å². The van der Waals surface area contributed by atoms with Gasteiger partial charge in [0.25, 0.3) is 0 Å². The summed E-state index contributed by atoms with van der Waals surface area (Å²) in [6, 6.07) is 7.93. The van der Waals surface area contributed by atoms with Crippen LogP contribution >= 0.6 is 0 Å². The zero-order valence-electron chi connectivity index (χ0n) is 13.4. The molecule has 6 heteroatoms. The Morgan fingerprint density at radius 2 is 1.82 bits per heavy atom. The first-order chi connectivity index (χ1) is 10.2. The number of carboxylic acids is 1. The number of nitrogens with zero attached hydrogens (tertiary/aromatic N) is 1. The summed E-state index contributed by atoms with van der Waals surface area (Å²) < 4.78 is 10.5. The molecule has 0 aliphatic heterocycles. The molecule has 1 aromatic carbocycles. The van der Waals surface area contributed by atoms with Crippen LogP contribution < -0.4 is 5.11 Å². The standard InChI is InChI=1S/C16H23NO5/c1-16(2,3)22-11-13(14(18)19)17(4)15(20)21-10-12-8-6-5-7-9-12/h5-9,13H,10-11H2,1-4H3,(H,18,19)/p-1/t13-/m0/s1. The van der Waals surface area contributed by atoms with Crippen LogP contribution in [-0.2, 0) is 20.9 Å². The number of benzene rings is 1. The Hall–Kier alpha value is -2.08. The number of hydrogen-bond donors (Lipinski definition) is 0. The largest absolute Gasteiger partial charge is 0.548 e. The number of amides is 1. The summed E-state index contributed by atoms with van der Waals surface area (Å²) in [5.74, 6) is -1.39. The van der Waals surface area contributed by atoms with Gasteiger partial charge in [0.15, 0.2) is 0 Å². The summed E-state index contributed by atoms with van der Waals surface area (Å²) in [6.07, 6.45) is -0.740. The molecule has 0 N–H and O–H groups in total. The van der Waals surface area contributed by atoms with Crippen LogP contribution in [0.25, 0.3) is 0 Å². The van der Waals surface area contributed by atoms with Crippen molar-refractivity contribution in [3.63, 3.8) is 0 Å². The second-order valence-electron chi connectivity index (χ2n) is 5.91. The van der Waals surface area contributed by atoms with Crippen molar-refractivity contribution in [1.82, 2.24) is 4.90 Å². The number of rotatable bonds is 6. The number of hydrogen-bond acceptors (Lipinski definition) is 5. The van der Waals surface area contributed by atoms with Gasteiger partial charge in [-0.05, 0) is 26.3 Å². The molecule has 1 atom stereocenters. The normalized spacial score (nSPS) is 12.5. The van der Waals surface area contributed by atoms with Gasteiger partial charge < -0.3 is 24.3 Å². The highest BCUT2D eigenvalue weighted by Gasteiger charge is 2.24. The van der Waals surface area contributed by atoms with Gasteiger partial charge in [0.1, 0.15) is 6.61 Å². The van der Waals surface area contributed by atoms with Crippen molar-refractivity contribution < 1.29 is 24.2 Å². The van der Waals surface area contributed by atoms with Gasteiger partial charge in [-0.15, -0.1) is 0 Å². The Kier molecular flexibility index (Phi) is 6.37. The van der Waals surface area contributed by atoms with Crippen LogP contribution in [0.15, 0.2) is 30.3 Å². The zero-order chi connectivity index (χ0) is 16.8. The molecule has 0 spiro atoms. The summed E-state index contributed by atoms with van der Waals surface area (Å²) in [7, 11) is 1.35. The van der Waals surface area contributed by atoms with Crippen molar-refractivity contribution in [1.29, 1.82) is 0 Å². The van der Waals surface area contributed by atoms with E-state index in [4.69, 9.17) is 9.47 Å². The molecular formula is C16H22NO5-. The third-order valence-electron chi connectivity index (χ3n) is 2.91. The Morgan fingerprint density at radius 1 is 1.23 bits per heavy atom. The summed E-state index contributed by atoms with van der Waals surface area (Å²) >= 11 is 0. The van der Waals surface area contributed by atoms with Crippen molar-refractivity contribution >= 4 is 12.1 Å². The Bertz CT molecular complexity index is 495. The fourth-order valence-corrected chi connectivity index (χ4v) is 1.62. The van der Waals surface area contributed by atoms with Crippen molar-refractivity contribution in [3.05, 3.63) is 35.9 Å². The van der Waals surface area contributed by atoms with Gasteiger partial charge in [-0.25, -0.2) is 4.79 Å². The SMILES string of the molecule is CN(C(=O)OCc1ccccc1)[C@@H](COC(C)(C)C)C(=O)[O-]. The molecule has 0 aliphatic rings. The number of carbonyl (C=O) groups is 2. The average molecular weight is 308 g/mol. The van der Waals surface area contributed by atoms with Crippen LogP contribution in [0.3, 0.4) is 0 Å². The molecule has 0 bridgehead atoms. The third-order valence-corrected chi connectivity index (χ3v) is 2.91. The maximum atomic E-state index is 11.9. The van der Waals surface area contributed by atoms with Crippen molar-refractivity contribution in [3.8, 4) is 0 Å². The maximum absolute atomic E-state index is 11.9. The van der Waals surface area contributed by atoms with E-state index in [1.165, 1.54) is 7.05 Å². The van der Waals surface area contributed by atoms with E-state index in [1.807, 2.05) is 30.3 Å². The third kappa shape index (κ3) is 6.13. The van der Waals surface area contributed by atoms with Crippen LogP contribution in [0, 0.1) is 0 Å². The van der Waals surface area contributed by atoms with Gasteiger partial charge in [0.2, 0.25) is 0 Å². The summed E-state index contributed by atoms with van der Waals surface area (Å²) in [5.41, 5.74) is 0.308. The van der Waals surface area contributed by atoms with Crippen LogP contribution in [0.2, 0.25) is 0 Å². The molecule has 0 fully saturated rings. The highest BCUT2D eigenvalue weighted by atomic mass is 16.6. The molecule has 0 saturated carbocycles. The Balaban J connectivity index is 2.59. The van der Waals surface area contributed by atoms with E-state index in [0.29, 0.717) is 0 Å². The smallest absolute Gasteiger partial charge is 0.410 e. The minimum Gasteiger partial charge on any atom is -0.548 e. The van der Waals surface area contributed by atoms with E-state index in [0.717, 1.165) is 10.5 Å². The van der Waals surface area contributed by atoms with Crippen molar-refractivity contribution in [2.24, 2.45) is 0 Å². The lowest BCUT2D eigenvalue weighted by molar-refractivity contribution is -0.312. The predicted octanol–water partition coefficient (Wildman–Crippen LogP) is 1.19. The Morgan fingerprint density at radius 3 is 2.32 bits per heavy atom. The molecule has 1 rings (SSSR count).